The number of hydrogen-bond donors (Lipinski definition) is 0. The number of aromatic nitrogens is 2. The standard InChI is InChI=1S/C11H20N2O3/c1-5-14-11(15-6-2,16-7-3)10-12-8-9-13(10)4/h8-9H,5-7H2,1-4H3. The minimum Gasteiger partial charge on any atom is -0.331 e. The summed E-state index contributed by atoms with van der Waals surface area (Å²) in [4.78, 5) is 4.23. The lowest BCUT2D eigenvalue weighted by Gasteiger charge is -2.31. The van der Waals surface area contributed by atoms with E-state index in [-0.39, 0.29) is 0 Å². The molecule has 0 fully saturated rings. The Kier molecular flexibility index (Phi) is 4.92. The maximum Gasteiger partial charge on any atom is 0.346 e. The Balaban J connectivity index is 3.04. The van der Waals surface area contributed by atoms with Crippen LogP contribution in [-0.2, 0) is 27.2 Å². The summed E-state index contributed by atoms with van der Waals surface area (Å²) >= 11 is 0. The molecule has 1 aromatic heterocycles. The maximum absolute atomic E-state index is 5.61. The van der Waals surface area contributed by atoms with Crippen molar-refractivity contribution in [3.63, 3.8) is 0 Å². The van der Waals surface area contributed by atoms with Gasteiger partial charge in [0.25, 0.3) is 0 Å². The van der Waals surface area contributed by atoms with Crippen LogP contribution in [0, 0.1) is 0 Å². The molecule has 0 aliphatic rings. The fourth-order valence-corrected chi connectivity index (χ4v) is 1.55. The first-order valence-corrected chi connectivity index (χ1v) is 5.59. The summed E-state index contributed by atoms with van der Waals surface area (Å²) in [5.41, 5.74) is 0. The SMILES string of the molecule is CCOC(OCC)(OCC)c1nccn1C. The van der Waals surface area contributed by atoms with Crippen molar-refractivity contribution < 1.29 is 14.2 Å². The normalized spacial score (nSPS) is 12.0. The van der Waals surface area contributed by atoms with Crippen molar-refractivity contribution in [1.29, 1.82) is 0 Å². The number of aryl methyl sites for hydroxylation is 1. The molecule has 0 bridgehead atoms. The Bertz CT molecular complexity index is 295. The van der Waals surface area contributed by atoms with Crippen LogP contribution in [0.5, 0.6) is 0 Å². The number of hydrogen-bond acceptors (Lipinski definition) is 4. The topological polar surface area (TPSA) is 45.5 Å². The molecule has 16 heavy (non-hydrogen) atoms. The summed E-state index contributed by atoms with van der Waals surface area (Å²) in [5.74, 6) is -0.561. The van der Waals surface area contributed by atoms with E-state index in [2.05, 4.69) is 4.98 Å². The molecular weight excluding hydrogens is 208 g/mol. The van der Waals surface area contributed by atoms with Crippen molar-refractivity contribution in [2.24, 2.45) is 7.05 Å². The monoisotopic (exact) mass is 228 g/mol. The fraction of sp³-hybridized carbons (Fsp3) is 0.727. The lowest BCUT2D eigenvalue weighted by molar-refractivity contribution is -0.394. The smallest absolute Gasteiger partial charge is 0.331 e. The second-order valence-electron chi connectivity index (χ2n) is 3.22. The average molecular weight is 228 g/mol. The third-order valence-corrected chi connectivity index (χ3v) is 2.10. The Labute approximate surface area is 96.3 Å². The van der Waals surface area contributed by atoms with Crippen LogP contribution in [-0.4, -0.2) is 29.4 Å². The molecule has 0 amide bonds. The van der Waals surface area contributed by atoms with E-state index < -0.39 is 5.97 Å². The third kappa shape index (κ3) is 2.61. The number of nitrogens with zero attached hydrogens (tertiary/aromatic N) is 2. The van der Waals surface area contributed by atoms with Crippen LogP contribution in [0.2, 0.25) is 0 Å². The van der Waals surface area contributed by atoms with Crippen molar-refractivity contribution in [2.45, 2.75) is 26.7 Å². The lowest BCUT2D eigenvalue weighted by atomic mass is 10.4. The van der Waals surface area contributed by atoms with Gasteiger partial charge in [0.2, 0.25) is 0 Å². The minimum absolute atomic E-state index is 0.493. The Morgan fingerprint density at radius 3 is 1.94 bits per heavy atom. The van der Waals surface area contributed by atoms with Gasteiger partial charge in [-0.05, 0) is 20.8 Å². The first kappa shape index (κ1) is 13.2. The molecule has 0 atom stereocenters. The van der Waals surface area contributed by atoms with Crippen molar-refractivity contribution in [1.82, 2.24) is 9.55 Å². The van der Waals surface area contributed by atoms with Gasteiger partial charge in [-0.25, -0.2) is 4.98 Å². The van der Waals surface area contributed by atoms with Gasteiger partial charge in [-0.3, -0.25) is 0 Å². The summed E-state index contributed by atoms with van der Waals surface area (Å²) in [6.07, 6.45) is 3.53. The minimum atomic E-state index is -1.18. The summed E-state index contributed by atoms with van der Waals surface area (Å²) in [5, 5.41) is 0. The molecule has 92 valence electrons. The molecule has 1 rings (SSSR count). The van der Waals surface area contributed by atoms with Crippen LogP contribution in [0.25, 0.3) is 0 Å². The quantitative estimate of drug-likeness (QED) is 0.665. The third-order valence-electron chi connectivity index (χ3n) is 2.10. The molecular formula is C11H20N2O3. The Morgan fingerprint density at radius 2 is 1.62 bits per heavy atom. The molecule has 1 aromatic rings. The highest BCUT2D eigenvalue weighted by Crippen LogP contribution is 2.27. The van der Waals surface area contributed by atoms with Gasteiger partial charge in [0.1, 0.15) is 0 Å². The van der Waals surface area contributed by atoms with Crippen molar-refractivity contribution >= 4 is 0 Å². The van der Waals surface area contributed by atoms with E-state index in [4.69, 9.17) is 14.2 Å². The predicted octanol–water partition coefficient (Wildman–Crippen LogP) is 1.64. The number of ether oxygens (including phenoxy) is 3. The van der Waals surface area contributed by atoms with Crippen LogP contribution >= 0.6 is 0 Å². The second kappa shape index (κ2) is 5.98. The Hall–Kier alpha value is -0.910. The van der Waals surface area contributed by atoms with Gasteiger partial charge in [-0.1, -0.05) is 0 Å². The molecule has 1 heterocycles. The molecule has 0 saturated heterocycles. The molecule has 5 heteroatoms. The molecule has 0 aliphatic carbocycles. The lowest BCUT2D eigenvalue weighted by Crippen LogP contribution is -2.39. The summed E-state index contributed by atoms with van der Waals surface area (Å²) in [7, 11) is 1.88. The fourth-order valence-electron chi connectivity index (χ4n) is 1.55. The summed E-state index contributed by atoms with van der Waals surface area (Å²) < 4.78 is 18.7. The van der Waals surface area contributed by atoms with Gasteiger partial charge in [0, 0.05) is 19.4 Å². The summed E-state index contributed by atoms with van der Waals surface area (Å²) in [6.45, 7) is 7.17. The zero-order valence-electron chi connectivity index (χ0n) is 10.4. The van der Waals surface area contributed by atoms with E-state index in [1.807, 2.05) is 38.6 Å². The van der Waals surface area contributed by atoms with Gasteiger partial charge >= 0.3 is 5.97 Å². The van der Waals surface area contributed by atoms with Crippen LogP contribution < -0.4 is 0 Å². The molecule has 0 N–H and O–H groups in total. The highest BCUT2D eigenvalue weighted by molar-refractivity contribution is 4.97. The van der Waals surface area contributed by atoms with Gasteiger partial charge in [0.15, 0.2) is 5.82 Å². The first-order valence-electron chi connectivity index (χ1n) is 5.59. The van der Waals surface area contributed by atoms with E-state index in [1.54, 1.807) is 6.20 Å². The van der Waals surface area contributed by atoms with Gasteiger partial charge < -0.3 is 18.8 Å². The highest BCUT2D eigenvalue weighted by atomic mass is 16.9. The number of rotatable bonds is 7. The van der Waals surface area contributed by atoms with Gasteiger partial charge in [-0.2, -0.15) is 0 Å². The van der Waals surface area contributed by atoms with Gasteiger partial charge in [-0.15, -0.1) is 0 Å². The zero-order valence-corrected chi connectivity index (χ0v) is 10.4. The average Bonchev–Trinajstić information content (AvgIpc) is 2.66. The Morgan fingerprint density at radius 1 is 1.12 bits per heavy atom. The van der Waals surface area contributed by atoms with E-state index >= 15 is 0 Å². The molecule has 0 radical (unpaired) electrons. The first-order chi connectivity index (χ1) is 7.70. The second-order valence-corrected chi connectivity index (χ2v) is 3.22. The molecule has 0 aliphatic heterocycles. The van der Waals surface area contributed by atoms with Crippen LogP contribution in [0.1, 0.15) is 26.6 Å². The molecule has 5 nitrogen and oxygen atoms in total. The zero-order chi connectivity index (χ0) is 12.0. The largest absolute Gasteiger partial charge is 0.346 e. The molecule has 0 spiro atoms. The predicted molar refractivity (Wildman–Crippen MR) is 59.8 cm³/mol. The van der Waals surface area contributed by atoms with Crippen LogP contribution in [0.15, 0.2) is 12.4 Å². The maximum atomic E-state index is 5.61. The van der Waals surface area contributed by atoms with Crippen LogP contribution in [0.4, 0.5) is 0 Å². The van der Waals surface area contributed by atoms with Crippen LogP contribution in [0.3, 0.4) is 0 Å². The molecule has 0 unspecified atom stereocenters. The number of imidazole rings is 1. The molecule has 0 aromatic carbocycles. The van der Waals surface area contributed by atoms with Crippen molar-refractivity contribution in [3.05, 3.63) is 18.2 Å². The van der Waals surface area contributed by atoms with E-state index in [1.165, 1.54) is 0 Å². The summed E-state index contributed by atoms with van der Waals surface area (Å²) in [6, 6.07) is 0. The van der Waals surface area contributed by atoms with Gasteiger partial charge in [0.05, 0.1) is 19.8 Å². The highest BCUT2D eigenvalue weighted by Gasteiger charge is 2.39. The van der Waals surface area contributed by atoms with Crippen molar-refractivity contribution in [3.8, 4) is 0 Å². The van der Waals surface area contributed by atoms with E-state index in [0.29, 0.717) is 25.6 Å². The molecule has 0 saturated carbocycles. The van der Waals surface area contributed by atoms with E-state index in [0.717, 1.165) is 0 Å². The van der Waals surface area contributed by atoms with Crippen molar-refractivity contribution in [2.75, 3.05) is 19.8 Å². The van der Waals surface area contributed by atoms with E-state index in [9.17, 15) is 0 Å².